The summed E-state index contributed by atoms with van der Waals surface area (Å²) in [6.07, 6.45) is 8.46. The molecule has 1 N–H and O–H groups in total. The number of rotatable bonds is 5. The average Bonchev–Trinajstić information content (AvgIpc) is 3.02. The molecule has 1 aliphatic carbocycles. The molecule has 162 valence electrons. The molecule has 2 aromatic rings. The van der Waals surface area contributed by atoms with Gasteiger partial charge in [0.25, 0.3) is 0 Å². The molecule has 2 heterocycles. The molecule has 2 aliphatic rings. The van der Waals surface area contributed by atoms with E-state index in [1.807, 2.05) is 10.6 Å². The zero-order valence-corrected chi connectivity index (χ0v) is 18.9. The van der Waals surface area contributed by atoms with Crippen molar-refractivity contribution in [2.45, 2.75) is 83.4 Å². The van der Waals surface area contributed by atoms with Crippen molar-refractivity contribution in [1.29, 1.82) is 0 Å². The Kier molecular flexibility index (Phi) is 7.13. The summed E-state index contributed by atoms with van der Waals surface area (Å²) in [5.41, 5.74) is 3.54. The Hall–Kier alpha value is -1.30. The average molecular weight is 422 g/mol. The number of H-pyrrole nitrogens is 1. The number of benzene rings is 1. The Labute approximate surface area is 180 Å². The molecule has 1 aromatic carbocycles. The third-order valence-electron chi connectivity index (χ3n) is 7.03. The number of halogens is 1. The van der Waals surface area contributed by atoms with Crippen molar-refractivity contribution >= 4 is 23.4 Å². The van der Waals surface area contributed by atoms with Crippen LogP contribution in [-0.4, -0.2) is 45.8 Å². The summed E-state index contributed by atoms with van der Waals surface area (Å²) < 4.78 is 7.99. The molecule has 4 rings (SSSR count). The van der Waals surface area contributed by atoms with Gasteiger partial charge in [-0.2, -0.15) is 0 Å². The van der Waals surface area contributed by atoms with Gasteiger partial charge in [-0.1, -0.05) is 13.0 Å². The van der Waals surface area contributed by atoms with E-state index in [2.05, 4.69) is 42.8 Å². The first-order chi connectivity index (χ1) is 13.5. The number of aromatic amines is 1. The summed E-state index contributed by atoms with van der Waals surface area (Å²) in [6, 6.07) is 6.52. The van der Waals surface area contributed by atoms with Gasteiger partial charge in [0.15, 0.2) is 0 Å². The largest absolute Gasteiger partial charge is 0.378 e. The van der Waals surface area contributed by atoms with E-state index in [-0.39, 0.29) is 18.1 Å². The fourth-order valence-electron chi connectivity index (χ4n) is 5.24. The molecular formula is C23H36ClN3O2. The Bertz CT molecular complexity index is 859. The zero-order valence-electron chi connectivity index (χ0n) is 18.1. The highest BCUT2D eigenvalue weighted by Crippen LogP contribution is 2.38. The van der Waals surface area contributed by atoms with E-state index in [1.54, 1.807) is 0 Å². The van der Waals surface area contributed by atoms with Crippen LogP contribution in [-0.2, 0) is 4.74 Å². The first-order valence-electron chi connectivity index (χ1n) is 11.1. The zero-order chi connectivity index (χ0) is 19.7. The topological polar surface area (TPSA) is 50.3 Å². The third-order valence-corrected chi connectivity index (χ3v) is 7.03. The van der Waals surface area contributed by atoms with Crippen LogP contribution in [0.1, 0.15) is 70.4 Å². The van der Waals surface area contributed by atoms with E-state index in [1.165, 1.54) is 31.2 Å². The number of piperidine rings is 1. The normalized spacial score (nSPS) is 26.5. The maximum atomic E-state index is 12.6. The number of imidazole rings is 1. The van der Waals surface area contributed by atoms with Crippen molar-refractivity contribution in [3.63, 3.8) is 0 Å². The molecular weight excluding hydrogens is 386 g/mol. The van der Waals surface area contributed by atoms with E-state index in [0.717, 1.165) is 50.0 Å². The van der Waals surface area contributed by atoms with Crippen molar-refractivity contribution in [2.75, 3.05) is 19.7 Å². The molecule has 0 radical (unpaired) electrons. The van der Waals surface area contributed by atoms with Crippen LogP contribution >= 0.6 is 12.4 Å². The Morgan fingerprint density at radius 2 is 1.86 bits per heavy atom. The van der Waals surface area contributed by atoms with Gasteiger partial charge in [0.2, 0.25) is 0 Å². The van der Waals surface area contributed by atoms with Gasteiger partial charge in [-0.15, -0.1) is 12.4 Å². The minimum atomic E-state index is 0. The van der Waals surface area contributed by atoms with Crippen molar-refractivity contribution in [1.82, 2.24) is 14.5 Å². The Morgan fingerprint density at radius 3 is 2.52 bits per heavy atom. The maximum absolute atomic E-state index is 12.6. The first kappa shape index (κ1) is 22.4. The fraction of sp³-hybridized carbons (Fsp3) is 0.696. The third kappa shape index (κ3) is 4.57. The van der Waals surface area contributed by atoms with Crippen molar-refractivity contribution in [3.05, 3.63) is 34.2 Å². The van der Waals surface area contributed by atoms with Crippen LogP contribution in [0.4, 0.5) is 0 Å². The minimum Gasteiger partial charge on any atom is -0.378 e. The molecule has 1 saturated heterocycles. The van der Waals surface area contributed by atoms with E-state index in [9.17, 15) is 4.79 Å². The lowest BCUT2D eigenvalue weighted by molar-refractivity contribution is -0.0305. The highest BCUT2D eigenvalue weighted by molar-refractivity contribution is 5.85. The molecule has 0 unspecified atom stereocenters. The van der Waals surface area contributed by atoms with E-state index in [0.29, 0.717) is 17.7 Å². The fourth-order valence-corrected chi connectivity index (χ4v) is 5.24. The molecule has 0 bridgehead atoms. The maximum Gasteiger partial charge on any atom is 0.326 e. The number of aryl methyl sites for hydroxylation is 1. The van der Waals surface area contributed by atoms with Crippen LogP contribution in [0, 0.1) is 6.92 Å². The van der Waals surface area contributed by atoms with Gasteiger partial charge in [0.1, 0.15) is 0 Å². The number of fused-ring (bicyclic) bond motifs is 1. The van der Waals surface area contributed by atoms with Crippen LogP contribution in [0.15, 0.2) is 23.0 Å². The van der Waals surface area contributed by atoms with Crippen LogP contribution in [0.3, 0.4) is 0 Å². The Morgan fingerprint density at radius 1 is 1.17 bits per heavy atom. The lowest BCUT2D eigenvalue weighted by atomic mass is 9.79. The molecule has 5 nitrogen and oxygen atoms in total. The summed E-state index contributed by atoms with van der Waals surface area (Å²) in [7, 11) is 0. The number of aromatic nitrogens is 2. The highest BCUT2D eigenvalue weighted by Gasteiger charge is 2.38. The summed E-state index contributed by atoms with van der Waals surface area (Å²) in [6.45, 7) is 9.75. The smallest absolute Gasteiger partial charge is 0.326 e. The molecule has 1 saturated carbocycles. The molecule has 1 aromatic heterocycles. The second kappa shape index (κ2) is 9.23. The molecule has 6 heteroatoms. The van der Waals surface area contributed by atoms with Gasteiger partial charge >= 0.3 is 5.69 Å². The predicted molar refractivity (Wildman–Crippen MR) is 121 cm³/mol. The molecule has 2 fully saturated rings. The second-order valence-electron chi connectivity index (χ2n) is 9.11. The van der Waals surface area contributed by atoms with Crippen molar-refractivity contribution in [3.8, 4) is 0 Å². The first-order valence-corrected chi connectivity index (χ1v) is 11.1. The van der Waals surface area contributed by atoms with Crippen molar-refractivity contribution in [2.24, 2.45) is 0 Å². The number of hydrogen-bond donors (Lipinski definition) is 1. The predicted octanol–water partition coefficient (Wildman–Crippen LogP) is 4.82. The van der Waals surface area contributed by atoms with E-state index < -0.39 is 0 Å². The van der Waals surface area contributed by atoms with Crippen LogP contribution in [0.2, 0.25) is 0 Å². The van der Waals surface area contributed by atoms with Gasteiger partial charge < -0.3 is 9.72 Å². The quantitative estimate of drug-likeness (QED) is 0.752. The summed E-state index contributed by atoms with van der Waals surface area (Å²) >= 11 is 0. The van der Waals surface area contributed by atoms with Gasteiger partial charge in [-0.25, -0.2) is 4.79 Å². The van der Waals surface area contributed by atoms with Gasteiger partial charge in [0.05, 0.1) is 17.1 Å². The van der Waals surface area contributed by atoms with Gasteiger partial charge in [-0.05, 0) is 76.5 Å². The van der Waals surface area contributed by atoms with Crippen LogP contribution < -0.4 is 5.69 Å². The monoisotopic (exact) mass is 421 g/mol. The highest BCUT2D eigenvalue weighted by atomic mass is 35.5. The molecule has 1 aliphatic heterocycles. The molecule has 29 heavy (non-hydrogen) atoms. The van der Waals surface area contributed by atoms with Gasteiger partial charge in [0, 0.05) is 31.3 Å². The number of nitrogens with zero attached hydrogens (tertiary/aromatic N) is 2. The molecule has 0 atom stereocenters. The standard InChI is InChI=1S/C23H35N3O2.ClH/c1-4-15-28-19-7-11-23(3,12-8-19)25-13-9-18(10-14-25)26-21-16-17(2)5-6-20(21)24-22(26)27;/h5-6,16,18-19H,4,7-15H2,1-3H3,(H,24,27);1H/t19-,23+;. The second-order valence-corrected chi connectivity index (χ2v) is 9.11. The van der Waals surface area contributed by atoms with E-state index >= 15 is 0 Å². The SMILES string of the molecule is CCCO[C@H]1CC[C@@](C)(N2CCC(n3c(=O)[nH]c4ccc(C)cc43)CC2)CC1.Cl. The Balaban J connectivity index is 0.00000240. The lowest BCUT2D eigenvalue weighted by Gasteiger charge is -2.48. The number of likely N-dealkylation sites (tertiary alicyclic amines) is 1. The lowest BCUT2D eigenvalue weighted by Crippen LogP contribution is -2.53. The number of hydrogen-bond acceptors (Lipinski definition) is 3. The molecule has 0 spiro atoms. The van der Waals surface area contributed by atoms with Crippen LogP contribution in [0.5, 0.6) is 0 Å². The van der Waals surface area contributed by atoms with Gasteiger partial charge in [-0.3, -0.25) is 9.47 Å². The minimum absolute atomic E-state index is 0. The van der Waals surface area contributed by atoms with E-state index in [4.69, 9.17) is 4.74 Å². The van der Waals surface area contributed by atoms with Crippen molar-refractivity contribution < 1.29 is 4.74 Å². The molecule has 0 amide bonds. The summed E-state index contributed by atoms with van der Waals surface area (Å²) in [5, 5.41) is 0. The summed E-state index contributed by atoms with van der Waals surface area (Å²) in [4.78, 5) is 18.3. The summed E-state index contributed by atoms with van der Waals surface area (Å²) in [5.74, 6) is 0. The van der Waals surface area contributed by atoms with Crippen LogP contribution in [0.25, 0.3) is 11.0 Å². The number of ether oxygens (including phenoxy) is 1. The number of nitrogens with one attached hydrogen (secondary N) is 1.